The number of carbonyl (C=O) groups is 1. The van der Waals surface area contributed by atoms with Gasteiger partial charge in [-0.3, -0.25) is 0 Å². The fraction of sp³-hybridized carbons (Fsp3) is 0.462. The van der Waals surface area contributed by atoms with Crippen LogP contribution in [0, 0.1) is 0 Å². The van der Waals surface area contributed by atoms with E-state index < -0.39 is 6.10 Å². The summed E-state index contributed by atoms with van der Waals surface area (Å²) in [5, 5.41) is 12.5. The highest BCUT2D eigenvalue weighted by Gasteiger charge is 2.32. The van der Waals surface area contributed by atoms with Crippen LogP contribution in [0.4, 0.5) is 4.79 Å². The predicted octanol–water partition coefficient (Wildman–Crippen LogP) is 1.83. The maximum atomic E-state index is 11.7. The van der Waals surface area contributed by atoms with E-state index in [9.17, 15) is 4.79 Å². The fourth-order valence-corrected chi connectivity index (χ4v) is 2.28. The summed E-state index contributed by atoms with van der Waals surface area (Å²) >= 11 is 6.11. The van der Waals surface area contributed by atoms with Gasteiger partial charge in [-0.2, -0.15) is 0 Å². The number of benzene rings is 1. The van der Waals surface area contributed by atoms with E-state index in [-0.39, 0.29) is 12.6 Å². The first kappa shape index (κ1) is 13.2. The Bertz CT molecular complexity index is 431. The highest BCUT2D eigenvalue weighted by atomic mass is 35.5. The molecular formula is C13H17ClN2O2. The molecule has 0 bridgehead atoms. The van der Waals surface area contributed by atoms with E-state index in [0.29, 0.717) is 19.0 Å². The first-order valence-corrected chi connectivity index (χ1v) is 6.41. The molecule has 0 aliphatic carbocycles. The second-order valence-electron chi connectivity index (χ2n) is 4.66. The Morgan fingerprint density at radius 2 is 2.22 bits per heavy atom. The summed E-state index contributed by atoms with van der Waals surface area (Å²) < 4.78 is 0. The number of hydrogen-bond donors (Lipinski definition) is 2. The molecule has 0 radical (unpaired) electrons. The Morgan fingerprint density at radius 1 is 1.56 bits per heavy atom. The first-order valence-electron chi connectivity index (χ1n) is 6.03. The van der Waals surface area contributed by atoms with Gasteiger partial charge in [0.1, 0.15) is 0 Å². The minimum absolute atomic E-state index is 0.126. The van der Waals surface area contributed by atoms with E-state index in [4.69, 9.17) is 16.7 Å². The molecule has 0 unspecified atom stereocenters. The lowest BCUT2D eigenvalue weighted by Gasteiger charge is -2.39. The van der Waals surface area contributed by atoms with Crippen molar-refractivity contribution in [2.45, 2.75) is 18.9 Å². The number of hydrogen-bond acceptors (Lipinski definition) is 2. The van der Waals surface area contributed by atoms with Gasteiger partial charge in [0.2, 0.25) is 0 Å². The summed E-state index contributed by atoms with van der Waals surface area (Å²) in [4.78, 5) is 13.4. The SMILES string of the molecule is C[C@@H](O)CNC(=O)N1CC(c2ccccc2Cl)C1. The van der Waals surface area contributed by atoms with Crippen molar-refractivity contribution in [2.75, 3.05) is 19.6 Å². The van der Waals surface area contributed by atoms with Crippen molar-refractivity contribution in [3.05, 3.63) is 34.9 Å². The number of nitrogens with one attached hydrogen (secondary N) is 1. The molecule has 0 saturated carbocycles. The molecule has 5 heteroatoms. The summed E-state index contributed by atoms with van der Waals surface area (Å²) in [7, 11) is 0. The molecular weight excluding hydrogens is 252 g/mol. The van der Waals surface area contributed by atoms with Crippen LogP contribution in [0.2, 0.25) is 5.02 Å². The van der Waals surface area contributed by atoms with Crippen LogP contribution < -0.4 is 5.32 Å². The average Bonchev–Trinajstić information content (AvgIpc) is 2.27. The molecule has 2 N–H and O–H groups in total. The van der Waals surface area contributed by atoms with Crippen LogP contribution in [0.3, 0.4) is 0 Å². The van der Waals surface area contributed by atoms with E-state index in [1.165, 1.54) is 0 Å². The molecule has 1 aliphatic rings. The lowest BCUT2D eigenvalue weighted by Crippen LogP contribution is -2.53. The van der Waals surface area contributed by atoms with Crippen molar-refractivity contribution in [2.24, 2.45) is 0 Å². The number of amides is 2. The average molecular weight is 269 g/mol. The number of likely N-dealkylation sites (tertiary alicyclic amines) is 1. The summed E-state index contributed by atoms with van der Waals surface area (Å²) in [6.45, 7) is 3.28. The normalized spacial score (nSPS) is 17.2. The zero-order valence-corrected chi connectivity index (χ0v) is 11.0. The second-order valence-corrected chi connectivity index (χ2v) is 5.07. The van der Waals surface area contributed by atoms with E-state index in [0.717, 1.165) is 10.6 Å². The molecule has 0 spiro atoms. The number of carbonyl (C=O) groups excluding carboxylic acids is 1. The van der Waals surface area contributed by atoms with E-state index in [1.807, 2.05) is 24.3 Å². The lowest BCUT2D eigenvalue weighted by atomic mass is 9.92. The quantitative estimate of drug-likeness (QED) is 0.879. The summed E-state index contributed by atoms with van der Waals surface area (Å²) in [6, 6.07) is 7.60. The molecule has 1 fully saturated rings. The standard InChI is InChI=1S/C13H17ClN2O2/c1-9(17)6-15-13(18)16-7-10(8-16)11-4-2-3-5-12(11)14/h2-5,9-10,17H,6-8H2,1H3,(H,15,18)/t9-/m1/s1. The topological polar surface area (TPSA) is 52.6 Å². The highest BCUT2D eigenvalue weighted by molar-refractivity contribution is 6.31. The van der Waals surface area contributed by atoms with Crippen LogP contribution >= 0.6 is 11.6 Å². The summed E-state index contributed by atoms with van der Waals surface area (Å²) in [5.74, 6) is 0.316. The molecule has 0 aromatic heterocycles. The van der Waals surface area contributed by atoms with Crippen molar-refractivity contribution in [3.8, 4) is 0 Å². The van der Waals surface area contributed by atoms with E-state index >= 15 is 0 Å². The number of rotatable bonds is 3. The van der Waals surface area contributed by atoms with Gasteiger partial charge in [0.05, 0.1) is 6.10 Å². The molecule has 98 valence electrons. The van der Waals surface area contributed by atoms with Crippen LogP contribution in [0.1, 0.15) is 18.4 Å². The van der Waals surface area contributed by atoms with Gasteiger partial charge in [0.15, 0.2) is 0 Å². The third-order valence-electron chi connectivity index (χ3n) is 3.06. The number of halogens is 1. The molecule has 1 atom stereocenters. The molecule has 1 heterocycles. The molecule has 1 aromatic carbocycles. The zero-order chi connectivity index (χ0) is 13.1. The van der Waals surface area contributed by atoms with Crippen LogP contribution in [0.5, 0.6) is 0 Å². The molecule has 2 amide bonds. The van der Waals surface area contributed by atoms with Gasteiger partial charge in [0, 0.05) is 30.6 Å². The van der Waals surface area contributed by atoms with Gasteiger partial charge >= 0.3 is 6.03 Å². The third kappa shape index (κ3) is 2.94. The summed E-state index contributed by atoms with van der Waals surface area (Å²) in [5.41, 5.74) is 1.10. The van der Waals surface area contributed by atoms with Crippen LogP contribution in [-0.4, -0.2) is 41.8 Å². The number of aliphatic hydroxyl groups excluding tert-OH is 1. The van der Waals surface area contributed by atoms with E-state index in [2.05, 4.69) is 5.32 Å². The van der Waals surface area contributed by atoms with Gasteiger partial charge in [-0.15, -0.1) is 0 Å². The highest BCUT2D eigenvalue weighted by Crippen LogP contribution is 2.31. The van der Waals surface area contributed by atoms with Gasteiger partial charge in [-0.25, -0.2) is 4.79 Å². The van der Waals surface area contributed by atoms with Crippen LogP contribution in [0.25, 0.3) is 0 Å². The smallest absolute Gasteiger partial charge is 0.317 e. The largest absolute Gasteiger partial charge is 0.392 e. The maximum Gasteiger partial charge on any atom is 0.317 e. The Labute approximate surface area is 112 Å². The van der Waals surface area contributed by atoms with Crippen molar-refractivity contribution in [1.29, 1.82) is 0 Å². The Balaban J connectivity index is 1.84. The van der Waals surface area contributed by atoms with Gasteiger partial charge in [-0.1, -0.05) is 29.8 Å². The minimum Gasteiger partial charge on any atom is -0.392 e. The van der Waals surface area contributed by atoms with Gasteiger partial charge < -0.3 is 15.3 Å². The van der Waals surface area contributed by atoms with Crippen molar-refractivity contribution in [1.82, 2.24) is 10.2 Å². The van der Waals surface area contributed by atoms with Crippen LogP contribution in [-0.2, 0) is 0 Å². The van der Waals surface area contributed by atoms with Crippen molar-refractivity contribution < 1.29 is 9.90 Å². The number of nitrogens with zero attached hydrogens (tertiary/aromatic N) is 1. The molecule has 1 aromatic rings. The van der Waals surface area contributed by atoms with Crippen LogP contribution in [0.15, 0.2) is 24.3 Å². The first-order chi connectivity index (χ1) is 8.58. The molecule has 2 rings (SSSR count). The molecule has 1 saturated heterocycles. The fourth-order valence-electron chi connectivity index (χ4n) is 1.99. The predicted molar refractivity (Wildman–Crippen MR) is 70.8 cm³/mol. The summed E-state index contributed by atoms with van der Waals surface area (Å²) in [6.07, 6.45) is -0.519. The monoisotopic (exact) mass is 268 g/mol. The van der Waals surface area contributed by atoms with Gasteiger partial charge in [0.25, 0.3) is 0 Å². The van der Waals surface area contributed by atoms with Crippen molar-refractivity contribution >= 4 is 17.6 Å². The Morgan fingerprint density at radius 3 is 2.83 bits per heavy atom. The zero-order valence-electron chi connectivity index (χ0n) is 10.3. The van der Waals surface area contributed by atoms with E-state index in [1.54, 1.807) is 11.8 Å². The molecule has 18 heavy (non-hydrogen) atoms. The number of aliphatic hydroxyl groups is 1. The third-order valence-corrected chi connectivity index (χ3v) is 3.41. The Hall–Kier alpha value is -1.26. The minimum atomic E-state index is -0.519. The maximum absolute atomic E-state index is 11.7. The molecule has 1 aliphatic heterocycles. The van der Waals surface area contributed by atoms with Gasteiger partial charge in [-0.05, 0) is 18.6 Å². The van der Waals surface area contributed by atoms with Crippen molar-refractivity contribution in [3.63, 3.8) is 0 Å². The number of urea groups is 1. The lowest BCUT2D eigenvalue weighted by molar-refractivity contribution is 0.141. The second kappa shape index (κ2) is 5.59. The Kier molecular flexibility index (Phi) is 4.09. The molecule has 4 nitrogen and oxygen atoms in total.